The van der Waals surface area contributed by atoms with Crippen molar-refractivity contribution in [2.75, 3.05) is 19.5 Å². The number of ether oxygens (including phenoxy) is 2. The summed E-state index contributed by atoms with van der Waals surface area (Å²) < 4.78 is 39.6. The predicted octanol–water partition coefficient (Wildman–Crippen LogP) is 5.67. The van der Waals surface area contributed by atoms with Gasteiger partial charge in [-0.05, 0) is 38.0 Å². The number of halogens is 1. The van der Waals surface area contributed by atoms with Gasteiger partial charge in [0.2, 0.25) is 0 Å². The number of anilines is 1. The molecule has 37 heavy (non-hydrogen) atoms. The van der Waals surface area contributed by atoms with Gasteiger partial charge in [-0.3, -0.25) is 0 Å². The first-order valence-electron chi connectivity index (χ1n) is 12.0. The maximum atomic E-state index is 14.3. The van der Waals surface area contributed by atoms with E-state index in [0.29, 0.717) is 0 Å². The monoisotopic (exact) mass is 544 g/mol. The molecule has 0 saturated heterocycles. The molecule has 0 amide bonds. The molecule has 10 heteroatoms. The number of aryl methyl sites for hydroxylation is 1. The Bertz CT molecular complexity index is 1420. The van der Waals surface area contributed by atoms with Gasteiger partial charge in [-0.1, -0.05) is 66.8 Å². The van der Waals surface area contributed by atoms with Crippen molar-refractivity contribution >= 4 is 39.4 Å². The van der Waals surface area contributed by atoms with Crippen LogP contribution in [0.1, 0.15) is 58.4 Å². The van der Waals surface area contributed by atoms with Gasteiger partial charge >= 0.3 is 11.9 Å². The van der Waals surface area contributed by atoms with Crippen molar-refractivity contribution in [3.05, 3.63) is 70.2 Å². The topological polar surface area (TPSA) is 104 Å². The first-order valence-corrected chi connectivity index (χ1v) is 13.8. The average Bonchev–Trinajstić information content (AvgIpc) is 3.24. The lowest BCUT2D eigenvalue weighted by Gasteiger charge is -2.25. The van der Waals surface area contributed by atoms with Gasteiger partial charge in [0.25, 0.3) is 10.0 Å². The van der Waals surface area contributed by atoms with Crippen molar-refractivity contribution in [2.24, 2.45) is 0 Å². The summed E-state index contributed by atoms with van der Waals surface area (Å²) in [5, 5.41) is 3.48. The van der Waals surface area contributed by atoms with Crippen LogP contribution in [0.4, 0.5) is 5.82 Å². The number of nitrogens with one attached hydrogen (secondary N) is 1. The minimum atomic E-state index is -4.34. The summed E-state index contributed by atoms with van der Waals surface area (Å²) in [7, 11) is -2.00. The summed E-state index contributed by atoms with van der Waals surface area (Å²) in [6, 6.07) is 12.8. The molecular weight excluding hydrogens is 516 g/mol. The third kappa shape index (κ3) is 5.10. The third-order valence-corrected chi connectivity index (χ3v) is 8.59. The van der Waals surface area contributed by atoms with Crippen LogP contribution in [0.3, 0.4) is 0 Å². The van der Waals surface area contributed by atoms with Crippen LogP contribution >= 0.6 is 11.6 Å². The van der Waals surface area contributed by atoms with E-state index in [1.807, 2.05) is 6.92 Å². The first-order chi connectivity index (χ1) is 17.7. The SMILES string of the molecule is COC(=O)c1c(C(=O)OC)c(-c2ccccc2Cl)n(S(=O)(=O)c2ccc(C)cc2)c1NC1CCCCC1. The van der Waals surface area contributed by atoms with Crippen LogP contribution in [-0.4, -0.2) is 44.6 Å². The van der Waals surface area contributed by atoms with Crippen molar-refractivity contribution < 1.29 is 27.5 Å². The zero-order valence-electron chi connectivity index (χ0n) is 20.9. The van der Waals surface area contributed by atoms with Crippen molar-refractivity contribution in [3.63, 3.8) is 0 Å². The van der Waals surface area contributed by atoms with Gasteiger partial charge in [0.15, 0.2) is 0 Å². The zero-order chi connectivity index (χ0) is 26.7. The lowest BCUT2D eigenvalue weighted by Crippen LogP contribution is -2.27. The summed E-state index contributed by atoms with van der Waals surface area (Å²) in [6.07, 6.45) is 4.55. The van der Waals surface area contributed by atoms with E-state index in [0.717, 1.165) is 41.6 Å². The molecule has 4 rings (SSSR count). The average molecular weight is 545 g/mol. The van der Waals surface area contributed by atoms with Gasteiger partial charge in [-0.2, -0.15) is 0 Å². The number of rotatable bonds is 7. The van der Waals surface area contributed by atoms with E-state index in [1.54, 1.807) is 36.4 Å². The van der Waals surface area contributed by atoms with Gasteiger partial charge in [-0.25, -0.2) is 22.0 Å². The molecule has 1 aliphatic rings. The molecular formula is C27H29ClN2O6S. The number of aromatic nitrogens is 1. The molecule has 1 aliphatic carbocycles. The Morgan fingerprint density at radius 1 is 0.919 bits per heavy atom. The molecule has 2 aromatic carbocycles. The van der Waals surface area contributed by atoms with Crippen molar-refractivity contribution in [1.82, 2.24) is 3.97 Å². The lowest BCUT2D eigenvalue weighted by molar-refractivity contribution is 0.0558. The summed E-state index contributed by atoms with van der Waals surface area (Å²) in [6.45, 7) is 1.85. The fourth-order valence-electron chi connectivity index (χ4n) is 4.68. The second kappa shape index (κ2) is 11.0. The molecule has 0 radical (unpaired) electrons. The number of esters is 2. The quantitative estimate of drug-likeness (QED) is 0.382. The summed E-state index contributed by atoms with van der Waals surface area (Å²) in [4.78, 5) is 26.4. The highest BCUT2D eigenvalue weighted by Crippen LogP contribution is 2.42. The molecule has 0 unspecified atom stereocenters. The van der Waals surface area contributed by atoms with Gasteiger partial charge < -0.3 is 14.8 Å². The number of methoxy groups -OCH3 is 2. The van der Waals surface area contributed by atoms with Crippen molar-refractivity contribution in [3.8, 4) is 11.3 Å². The number of carbonyl (C=O) groups is 2. The van der Waals surface area contributed by atoms with E-state index in [-0.39, 0.29) is 44.2 Å². The summed E-state index contributed by atoms with van der Waals surface area (Å²) in [5.74, 6) is -1.81. The van der Waals surface area contributed by atoms with Crippen LogP contribution in [-0.2, 0) is 19.5 Å². The Balaban J connectivity index is 2.15. The molecule has 0 bridgehead atoms. The predicted molar refractivity (Wildman–Crippen MR) is 142 cm³/mol. The molecule has 0 spiro atoms. The van der Waals surface area contributed by atoms with E-state index in [4.69, 9.17) is 21.1 Å². The highest BCUT2D eigenvalue weighted by Gasteiger charge is 2.39. The van der Waals surface area contributed by atoms with Crippen LogP contribution < -0.4 is 5.32 Å². The molecule has 1 saturated carbocycles. The van der Waals surface area contributed by atoms with Gasteiger partial charge in [-0.15, -0.1) is 0 Å². The number of carbonyl (C=O) groups excluding carboxylic acids is 2. The van der Waals surface area contributed by atoms with Crippen LogP contribution in [0.5, 0.6) is 0 Å². The number of hydrogen-bond acceptors (Lipinski definition) is 7. The van der Waals surface area contributed by atoms with E-state index in [9.17, 15) is 18.0 Å². The van der Waals surface area contributed by atoms with Crippen LogP contribution in [0, 0.1) is 6.92 Å². The Kier molecular flexibility index (Phi) is 7.94. The molecule has 0 atom stereocenters. The molecule has 0 aliphatic heterocycles. The summed E-state index contributed by atoms with van der Waals surface area (Å²) >= 11 is 6.54. The maximum Gasteiger partial charge on any atom is 0.342 e. The van der Waals surface area contributed by atoms with Crippen LogP contribution in [0.15, 0.2) is 53.4 Å². The minimum absolute atomic E-state index is 0.0130. The Morgan fingerprint density at radius 2 is 1.51 bits per heavy atom. The molecule has 1 fully saturated rings. The lowest BCUT2D eigenvalue weighted by atomic mass is 9.95. The second-order valence-electron chi connectivity index (χ2n) is 8.97. The fourth-order valence-corrected chi connectivity index (χ4v) is 6.41. The molecule has 1 aromatic heterocycles. The normalized spacial score (nSPS) is 14.3. The summed E-state index contributed by atoms with van der Waals surface area (Å²) in [5.41, 5.74) is 0.602. The van der Waals surface area contributed by atoms with Gasteiger partial charge in [0.05, 0.1) is 24.8 Å². The Morgan fingerprint density at radius 3 is 2.11 bits per heavy atom. The van der Waals surface area contributed by atoms with Gasteiger partial charge in [0.1, 0.15) is 16.9 Å². The van der Waals surface area contributed by atoms with Crippen molar-refractivity contribution in [1.29, 1.82) is 0 Å². The zero-order valence-corrected chi connectivity index (χ0v) is 22.5. The first kappa shape index (κ1) is 26.8. The Hall–Kier alpha value is -3.30. The van der Waals surface area contributed by atoms with E-state index in [1.165, 1.54) is 26.4 Å². The van der Waals surface area contributed by atoms with E-state index in [2.05, 4.69) is 5.32 Å². The fraction of sp³-hybridized carbons (Fsp3) is 0.333. The highest BCUT2D eigenvalue weighted by molar-refractivity contribution is 7.90. The van der Waals surface area contributed by atoms with Crippen molar-refractivity contribution in [2.45, 2.75) is 50.0 Å². The van der Waals surface area contributed by atoms with Gasteiger partial charge in [0, 0.05) is 16.6 Å². The molecule has 1 N–H and O–H groups in total. The van der Waals surface area contributed by atoms with Crippen LogP contribution in [0.25, 0.3) is 11.3 Å². The van der Waals surface area contributed by atoms with E-state index >= 15 is 0 Å². The largest absolute Gasteiger partial charge is 0.465 e. The minimum Gasteiger partial charge on any atom is -0.465 e. The molecule has 1 heterocycles. The Labute approximate surface area is 221 Å². The van der Waals surface area contributed by atoms with E-state index < -0.39 is 22.0 Å². The maximum absolute atomic E-state index is 14.3. The molecule has 196 valence electrons. The second-order valence-corrected chi connectivity index (χ2v) is 11.2. The number of nitrogens with zero attached hydrogens (tertiary/aromatic N) is 1. The number of benzene rings is 2. The molecule has 8 nitrogen and oxygen atoms in total. The standard InChI is InChI=1S/C27H29ClN2O6S/c1-17-13-15-19(16-14-17)37(33,34)30-24(20-11-7-8-12-21(20)28)22(26(31)35-2)23(27(32)36-3)25(30)29-18-9-5-4-6-10-18/h7-8,11-16,18,29H,4-6,9-10H2,1-3H3. The van der Waals surface area contributed by atoms with Crippen LogP contribution in [0.2, 0.25) is 5.02 Å². The third-order valence-electron chi connectivity index (χ3n) is 6.54. The number of hydrogen-bond donors (Lipinski definition) is 1. The molecule has 3 aromatic rings. The smallest absolute Gasteiger partial charge is 0.342 e. The highest BCUT2D eigenvalue weighted by atomic mass is 35.5.